The van der Waals surface area contributed by atoms with Gasteiger partial charge in [0.1, 0.15) is 5.75 Å². The molecule has 2 aromatic rings. The minimum Gasteiger partial charge on any atom is -0.489 e. The van der Waals surface area contributed by atoms with Gasteiger partial charge in [-0.3, -0.25) is 9.78 Å². The fraction of sp³-hybridized carbons (Fsp3) is 0.200. The third kappa shape index (κ3) is 4.24. The smallest absolute Gasteiger partial charge is 0.255 e. The van der Waals surface area contributed by atoms with Gasteiger partial charge in [0.05, 0.1) is 11.8 Å². The summed E-state index contributed by atoms with van der Waals surface area (Å²) < 4.78 is 5.66. The molecule has 1 amide bonds. The van der Waals surface area contributed by atoms with Gasteiger partial charge in [0, 0.05) is 18.0 Å². The SMILES string of the molecule is CC(C)Oc1ccccc1NC(=O)c1ccncc1.Cl. The Kier molecular flexibility index (Phi) is 6.00. The van der Waals surface area contributed by atoms with Gasteiger partial charge in [-0.15, -0.1) is 12.4 Å². The number of hydrogen-bond acceptors (Lipinski definition) is 3. The fourth-order valence-corrected chi connectivity index (χ4v) is 1.62. The van der Waals surface area contributed by atoms with E-state index in [-0.39, 0.29) is 24.4 Å². The summed E-state index contributed by atoms with van der Waals surface area (Å²) in [5, 5.41) is 2.84. The summed E-state index contributed by atoms with van der Waals surface area (Å²) >= 11 is 0. The van der Waals surface area contributed by atoms with E-state index in [1.807, 2.05) is 38.1 Å². The van der Waals surface area contributed by atoms with Crippen molar-refractivity contribution in [3.8, 4) is 5.75 Å². The molecule has 0 unspecified atom stereocenters. The molecule has 0 atom stereocenters. The van der Waals surface area contributed by atoms with Gasteiger partial charge in [-0.1, -0.05) is 12.1 Å². The lowest BCUT2D eigenvalue weighted by Gasteiger charge is -2.14. The van der Waals surface area contributed by atoms with E-state index in [0.29, 0.717) is 17.0 Å². The summed E-state index contributed by atoms with van der Waals surface area (Å²) in [6, 6.07) is 10.7. The second-order valence-corrected chi connectivity index (χ2v) is 4.35. The highest BCUT2D eigenvalue weighted by atomic mass is 35.5. The van der Waals surface area contributed by atoms with Crippen molar-refractivity contribution < 1.29 is 9.53 Å². The minimum atomic E-state index is -0.179. The first-order valence-corrected chi connectivity index (χ1v) is 6.14. The van der Waals surface area contributed by atoms with Crippen molar-refractivity contribution in [1.82, 2.24) is 4.98 Å². The van der Waals surface area contributed by atoms with Crippen LogP contribution in [-0.2, 0) is 0 Å². The number of halogens is 1. The van der Waals surface area contributed by atoms with E-state index < -0.39 is 0 Å². The molecule has 1 heterocycles. The van der Waals surface area contributed by atoms with Crippen LogP contribution in [0.4, 0.5) is 5.69 Å². The highest BCUT2D eigenvalue weighted by molar-refractivity contribution is 6.04. The van der Waals surface area contributed by atoms with Crippen LogP contribution >= 0.6 is 12.4 Å². The highest BCUT2D eigenvalue weighted by Gasteiger charge is 2.10. The maximum absolute atomic E-state index is 12.1. The molecule has 0 fully saturated rings. The molecule has 4 nitrogen and oxygen atoms in total. The van der Waals surface area contributed by atoms with Gasteiger partial charge in [-0.05, 0) is 38.1 Å². The monoisotopic (exact) mass is 292 g/mol. The lowest BCUT2D eigenvalue weighted by molar-refractivity contribution is 0.102. The van der Waals surface area contributed by atoms with E-state index in [1.165, 1.54) is 0 Å². The molecule has 106 valence electrons. The molecule has 0 saturated carbocycles. The zero-order chi connectivity index (χ0) is 13.7. The topological polar surface area (TPSA) is 51.2 Å². The third-order valence-electron chi connectivity index (χ3n) is 2.44. The second-order valence-electron chi connectivity index (χ2n) is 4.35. The lowest BCUT2D eigenvalue weighted by Crippen LogP contribution is -2.14. The van der Waals surface area contributed by atoms with E-state index in [4.69, 9.17) is 4.74 Å². The van der Waals surface area contributed by atoms with Gasteiger partial charge >= 0.3 is 0 Å². The van der Waals surface area contributed by atoms with Crippen molar-refractivity contribution in [2.45, 2.75) is 20.0 Å². The van der Waals surface area contributed by atoms with Gasteiger partial charge in [-0.25, -0.2) is 0 Å². The van der Waals surface area contributed by atoms with Crippen LogP contribution in [0.2, 0.25) is 0 Å². The first-order chi connectivity index (χ1) is 9.16. The van der Waals surface area contributed by atoms with Gasteiger partial charge in [0.2, 0.25) is 0 Å². The van der Waals surface area contributed by atoms with Gasteiger partial charge in [0.15, 0.2) is 0 Å². The largest absolute Gasteiger partial charge is 0.489 e. The van der Waals surface area contributed by atoms with Crippen molar-refractivity contribution >= 4 is 24.0 Å². The summed E-state index contributed by atoms with van der Waals surface area (Å²) in [6.45, 7) is 3.89. The Balaban J connectivity index is 0.00000200. The van der Waals surface area contributed by atoms with E-state index in [1.54, 1.807) is 24.5 Å². The quantitative estimate of drug-likeness (QED) is 0.937. The average molecular weight is 293 g/mol. The van der Waals surface area contributed by atoms with Crippen LogP contribution in [0.3, 0.4) is 0 Å². The number of nitrogens with zero attached hydrogens (tertiary/aromatic N) is 1. The Morgan fingerprint density at radius 3 is 2.45 bits per heavy atom. The Morgan fingerprint density at radius 2 is 1.80 bits per heavy atom. The number of nitrogens with one attached hydrogen (secondary N) is 1. The zero-order valence-corrected chi connectivity index (χ0v) is 12.2. The Labute approximate surface area is 124 Å². The number of pyridine rings is 1. The first kappa shape index (κ1) is 16.0. The maximum atomic E-state index is 12.1. The summed E-state index contributed by atoms with van der Waals surface area (Å²) in [7, 11) is 0. The van der Waals surface area contributed by atoms with Gasteiger partial charge in [0.25, 0.3) is 5.91 Å². The third-order valence-corrected chi connectivity index (χ3v) is 2.44. The Morgan fingerprint density at radius 1 is 1.15 bits per heavy atom. The number of amides is 1. The van der Waals surface area contributed by atoms with Gasteiger partial charge in [-0.2, -0.15) is 0 Å². The Hall–Kier alpha value is -2.07. The van der Waals surface area contributed by atoms with Crippen molar-refractivity contribution in [2.75, 3.05) is 5.32 Å². The van der Waals surface area contributed by atoms with Crippen LogP contribution in [0.5, 0.6) is 5.75 Å². The van der Waals surface area contributed by atoms with Crippen molar-refractivity contribution in [2.24, 2.45) is 0 Å². The summed E-state index contributed by atoms with van der Waals surface area (Å²) in [6.07, 6.45) is 3.23. The normalized spacial score (nSPS) is 9.75. The maximum Gasteiger partial charge on any atom is 0.255 e. The molecule has 20 heavy (non-hydrogen) atoms. The van der Waals surface area contributed by atoms with Crippen molar-refractivity contribution in [3.05, 3.63) is 54.4 Å². The highest BCUT2D eigenvalue weighted by Crippen LogP contribution is 2.25. The molecule has 1 aromatic carbocycles. The number of para-hydroxylation sites is 2. The van der Waals surface area contributed by atoms with Crippen LogP contribution in [-0.4, -0.2) is 17.0 Å². The van der Waals surface area contributed by atoms with E-state index >= 15 is 0 Å². The molecule has 2 rings (SSSR count). The van der Waals surface area contributed by atoms with Crippen LogP contribution in [0.1, 0.15) is 24.2 Å². The first-order valence-electron chi connectivity index (χ1n) is 6.14. The molecule has 1 N–H and O–H groups in total. The lowest BCUT2D eigenvalue weighted by atomic mass is 10.2. The number of carbonyl (C=O) groups is 1. The second kappa shape index (κ2) is 7.50. The predicted octanol–water partition coefficient (Wildman–Crippen LogP) is 3.54. The predicted molar refractivity (Wildman–Crippen MR) is 81.6 cm³/mol. The van der Waals surface area contributed by atoms with Crippen molar-refractivity contribution in [3.63, 3.8) is 0 Å². The molecule has 0 aliphatic carbocycles. The molecule has 0 radical (unpaired) electrons. The standard InChI is InChI=1S/C15H16N2O2.ClH/c1-11(2)19-14-6-4-3-5-13(14)17-15(18)12-7-9-16-10-8-12;/h3-11H,1-2H3,(H,17,18);1H. The zero-order valence-electron chi connectivity index (χ0n) is 11.4. The molecule has 1 aromatic heterocycles. The fourth-order valence-electron chi connectivity index (χ4n) is 1.62. The molecule has 0 saturated heterocycles. The molecule has 0 bridgehead atoms. The summed E-state index contributed by atoms with van der Waals surface area (Å²) in [5.74, 6) is 0.488. The molecular formula is C15H17ClN2O2. The van der Waals surface area contributed by atoms with Crippen molar-refractivity contribution in [1.29, 1.82) is 0 Å². The van der Waals surface area contributed by atoms with Crippen LogP contribution in [0.15, 0.2) is 48.8 Å². The number of aromatic nitrogens is 1. The number of ether oxygens (including phenoxy) is 1. The summed E-state index contributed by atoms with van der Waals surface area (Å²) in [4.78, 5) is 15.9. The van der Waals surface area contributed by atoms with Crippen LogP contribution < -0.4 is 10.1 Å². The molecular weight excluding hydrogens is 276 g/mol. The molecule has 5 heteroatoms. The van der Waals surface area contributed by atoms with E-state index in [2.05, 4.69) is 10.3 Å². The molecule has 0 aliphatic rings. The number of anilines is 1. The average Bonchev–Trinajstić information content (AvgIpc) is 2.41. The van der Waals surface area contributed by atoms with E-state index in [9.17, 15) is 4.79 Å². The van der Waals surface area contributed by atoms with E-state index in [0.717, 1.165) is 0 Å². The van der Waals surface area contributed by atoms with Crippen LogP contribution in [0.25, 0.3) is 0 Å². The summed E-state index contributed by atoms with van der Waals surface area (Å²) in [5.41, 5.74) is 1.23. The number of carbonyl (C=O) groups excluding carboxylic acids is 1. The number of benzene rings is 1. The molecule has 0 spiro atoms. The number of rotatable bonds is 4. The Bertz CT molecular complexity index is 559. The van der Waals surface area contributed by atoms with Gasteiger partial charge < -0.3 is 10.1 Å². The number of hydrogen-bond donors (Lipinski definition) is 1. The minimum absolute atomic E-state index is 0. The van der Waals surface area contributed by atoms with Crippen LogP contribution in [0, 0.1) is 0 Å². The molecule has 0 aliphatic heterocycles.